The van der Waals surface area contributed by atoms with Crippen LogP contribution in [0.4, 0.5) is 9.59 Å². The number of nitrogens with zero attached hydrogens (tertiary/aromatic N) is 6. The zero-order valence-electron chi connectivity index (χ0n) is 29.4. The van der Waals surface area contributed by atoms with Crippen molar-refractivity contribution in [2.45, 2.75) is 78.3 Å². The number of quaternary nitrogens is 2. The number of hydrogen-bond donors (Lipinski definition) is 0. The van der Waals surface area contributed by atoms with E-state index in [1.807, 2.05) is 24.3 Å². The Hall–Kier alpha value is -2.28. The van der Waals surface area contributed by atoms with Crippen LogP contribution in [-0.2, 0) is 13.1 Å². The van der Waals surface area contributed by atoms with Crippen LogP contribution in [-0.4, -0.2) is 109 Å². The average Bonchev–Trinajstić information content (AvgIpc) is 3.00. The maximum atomic E-state index is 12.1. The van der Waals surface area contributed by atoms with Gasteiger partial charge >= 0.3 is 12.2 Å². The molecule has 2 amide bonds. The molecule has 12 heteroatoms. The molecular formula is C34H58Br2N6O4. The van der Waals surface area contributed by atoms with Gasteiger partial charge in [0, 0.05) is 40.6 Å². The molecular weight excluding hydrogens is 716 g/mol. The third kappa shape index (κ3) is 15.5. The normalized spacial score (nSPS) is 13.3. The van der Waals surface area contributed by atoms with Crippen molar-refractivity contribution in [2.24, 2.45) is 0 Å². The zero-order chi connectivity index (χ0) is 32.6. The third-order valence-corrected chi connectivity index (χ3v) is 8.56. The van der Waals surface area contributed by atoms with Crippen LogP contribution in [0.2, 0.25) is 0 Å². The number of unbranched alkanes of at least 4 members (excludes halogenated alkanes) is 7. The molecule has 2 rings (SSSR count). The Morgan fingerprint density at radius 2 is 0.957 bits per heavy atom. The van der Waals surface area contributed by atoms with Gasteiger partial charge in [0.05, 0.1) is 40.3 Å². The fourth-order valence-corrected chi connectivity index (χ4v) is 5.11. The van der Waals surface area contributed by atoms with Gasteiger partial charge in [-0.1, -0.05) is 25.7 Å². The van der Waals surface area contributed by atoms with Gasteiger partial charge in [0.25, 0.3) is 0 Å². The highest BCUT2D eigenvalue weighted by Gasteiger charge is 2.25. The summed E-state index contributed by atoms with van der Waals surface area (Å²) in [6, 6.07) is 7.27. The molecule has 0 radical (unpaired) electrons. The van der Waals surface area contributed by atoms with E-state index in [0.717, 1.165) is 59.6 Å². The molecule has 262 valence electrons. The molecule has 10 nitrogen and oxygen atoms in total. The molecule has 0 spiro atoms. The van der Waals surface area contributed by atoms with Crippen molar-refractivity contribution in [1.29, 1.82) is 0 Å². The lowest BCUT2D eigenvalue weighted by atomic mass is 10.1. The van der Waals surface area contributed by atoms with Crippen molar-refractivity contribution >= 4 is 12.2 Å². The van der Waals surface area contributed by atoms with E-state index < -0.39 is 0 Å². The first-order chi connectivity index (χ1) is 20.9. The number of aromatic nitrogens is 2. The standard InChI is InChI=1S/C34H58N6O4.2BrH/c1-9-39(7,27-29-31(21-19-23-35-29)43-33(41)37(3)4)25-17-15-13-11-12-14-16-18-26-40(8,10-2)28-30-32(22-20-24-36-30)44-34(42)38(5)6;;/h19-24H,9-18,25-28H2,1-8H3;2*1H/q+2;;/p-2. The van der Waals surface area contributed by atoms with Crippen LogP contribution in [0, 0.1) is 0 Å². The summed E-state index contributed by atoms with van der Waals surface area (Å²) >= 11 is 0. The Morgan fingerprint density at radius 1 is 0.630 bits per heavy atom. The van der Waals surface area contributed by atoms with Crippen LogP contribution in [0.25, 0.3) is 0 Å². The Bertz CT molecular complexity index is 1080. The van der Waals surface area contributed by atoms with Crippen LogP contribution in [0.3, 0.4) is 0 Å². The molecule has 2 aromatic heterocycles. The summed E-state index contributed by atoms with van der Waals surface area (Å²) in [7, 11) is 11.3. The van der Waals surface area contributed by atoms with E-state index >= 15 is 0 Å². The van der Waals surface area contributed by atoms with Gasteiger partial charge in [-0.15, -0.1) is 0 Å². The van der Waals surface area contributed by atoms with E-state index in [4.69, 9.17) is 9.47 Å². The average molecular weight is 775 g/mol. The molecule has 0 aliphatic rings. The van der Waals surface area contributed by atoms with Crippen molar-refractivity contribution in [3.63, 3.8) is 0 Å². The first kappa shape index (κ1) is 43.7. The number of carbonyl (C=O) groups excluding carboxylic acids is 2. The maximum absolute atomic E-state index is 12.1. The van der Waals surface area contributed by atoms with Gasteiger partial charge in [-0.3, -0.25) is 9.97 Å². The second-order valence-corrected chi connectivity index (χ2v) is 12.9. The van der Waals surface area contributed by atoms with Crippen LogP contribution >= 0.6 is 0 Å². The smallest absolute Gasteiger partial charge is 0.414 e. The molecule has 2 aromatic rings. The molecule has 0 saturated heterocycles. The number of carbonyl (C=O) groups is 2. The van der Waals surface area contributed by atoms with Crippen molar-refractivity contribution in [1.82, 2.24) is 19.8 Å². The van der Waals surface area contributed by atoms with Crippen molar-refractivity contribution < 1.29 is 62.0 Å². The van der Waals surface area contributed by atoms with E-state index in [-0.39, 0.29) is 46.1 Å². The highest BCUT2D eigenvalue weighted by atomic mass is 79.9. The van der Waals surface area contributed by atoms with Gasteiger partial charge in [0.15, 0.2) is 11.5 Å². The summed E-state index contributed by atoms with van der Waals surface area (Å²) < 4.78 is 12.9. The maximum Gasteiger partial charge on any atom is 0.414 e. The quantitative estimate of drug-likeness (QED) is 0.152. The fraction of sp³-hybridized carbons (Fsp3) is 0.647. The van der Waals surface area contributed by atoms with Crippen molar-refractivity contribution in [3.05, 3.63) is 48.0 Å². The van der Waals surface area contributed by atoms with Crippen LogP contribution in [0.1, 0.15) is 76.6 Å². The molecule has 0 aromatic carbocycles. The molecule has 0 saturated carbocycles. The first-order valence-electron chi connectivity index (χ1n) is 16.2. The predicted octanol–water partition coefficient (Wildman–Crippen LogP) is 0.359. The van der Waals surface area contributed by atoms with Crippen molar-refractivity contribution in [3.8, 4) is 11.5 Å². The fourth-order valence-electron chi connectivity index (χ4n) is 5.11. The van der Waals surface area contributed by atoms with Crippen LogP contribution in [0.15, 0.2) is 36.7 Å². The minimum absolute atomic E-state index is 0. The van der Waals surface area contributed by atoms with E-state index in [9.17, 15) is 9.59 Å². The minimum Gasteiger partial charge on any atom is -1.00 e. The molecule has 2 atom stereocenters. The summed E-state index contributed by atoms with van der Waals surface area (Å²) in [5, 5.41) is 0. The predicted molar refractivity (Wildman–Crippen MR) is 175 cm³/mol. The SMILES string of the molecule is CC[N+](C)(CCCCCCCCCC[N+](C)(CC)Cc1ncccc1OC(=O)N(C)C)Cc1ncccc1OC(=O)N(C)C.[Br-].[Br-]. The van der Waals surface area contributed by atoms with E-state index in [1.54, 1.807) is 40.6 Å². The number of rotatable bonds is 19. The highest BCUT2D eigenvalue weighted by molar-refractivity contribution is 5.70. The van der Waals surface area contributed by atoms with Gasteiger partial charge in [-0.2, -0.15) is 0 Å². The molecule has 0 bridgehead atoms. The molecule has 2 heterocycles. The van der Waals surface area contributed by atoms with Crippen LogP contribution < -0.4 is 43.4 Å². The summed E-state index contributed by atoms with van der Waals surface area (Å²) in [6.45, 7) is 10.1. The molecule has 0 fully saturated rings. The Balaban J connectivity index is 0.0000101. The second kappa shape index (κ2) is 22.3. The summed E-state index contributed by atoms with van der Waals surface area (Å²) in [4.78, 5) is 36.1. The van der Waals surface area contributed by atoms with Crippen LogP contribution in [0.5, 0.6) is 11.5 Å². The van der Waals surface area contributed by atoms with Crippen molar-refractivity contribution in [2.75, 3.05) is 68.5 Å². The summed E-state index contributed by atoms with van der Waals surface area (Å²) in [6.07, 6.45) is 12.7. The Morgan fingerprint density at radius 3 is 1.26 bits per heavy atom. The number of pyridine rings is 2. The lowest BCUT2D eigenvalue weighted by Gasteiger charge is -2.33. The first-order valence-corrected chi connectivity index (χ1v) is 16.2. The molecule has 46 heavy (non-hydrogen) atoms. The van der Waals surface area contributed by atoms with Gasteiger partial charge in [0.1, 0.15) is 24.5 Å². The Kier molecular flexibility index (Phi) is 21.2. The number of halogens is 2. The van der Waals surface area contributed by atoms with Gasteiger partial charge in [-0.25, -0.2) is 9.59 Å². The second-order valence-electron chi connectivity index (χ2n) is 12.9. The van der Waals surface area contributed by atoms with E-state index in [0.29, 0.717) is 11.5 Å². The molecule has 0 aliphatic carbocycles. The monoisotopic (exact) mass is 772 g/mol. The van der Waals surface area contributed by atoms with E-state index in [1.165, 1.54) is 61.2 Å². The van der Waals surface area contributed by atoms with Gasteiger partial charge < -0.3 is 62.2 Å². The largest absolute Gasteiger partial charge is 1.00 e. The molecule has 0 aliphatic heterocycles. The zero-order valence-corrected chi connectivity index (χ0v) is 32.6. The van der Waals surface area contributed by atoms with E-state index in [2.05, 4.69) is 37.9 Å². The summed E-state index contributed by atoms with van der Waals surface area (Å²) in [5.41, 5.74) is 1.66. The lowest BCUT2D eigenvalue weighted by molar-refractivity contribution is -0.921. The topological polar surface area (TPSA) is 84.9 Å². The molecule has 0 N–H and O–H groups in total. The summed E-state index contributed by atoms with van der Waals surface area (Å²) in [5.74, 6) is 1.10. The Labute approximate surface area is 299 Å². The number of amides is 2. The lowest BCUT2D eigenvalue weighted by Crippen LogP contribution is -3.00. The highest BCUT2D eigenvalue weighted by Crippen LogP contribution is 2.23. The molecule has 2 unspecified atom stereocenters. The third-order valence-electron chi connectivity index (χ3n) is 8.56. The minimum atomic E-state index is -0.383. The number of ether oxygens (including phenoxy) is 2. The number of hydrogen-bond acceptors (Lipinski definition) is 6. The van der Waals surface area contributed by atoms with Gasteiger partial charge in [0.2, 0.25) is 0 Å². The van der Waals surface area contributed by atoms with Gasteiger partial charge in [-0.05, 0) is 63.8 Å².